The molecule has 0 spiro atoms. The standard InChI is InChI=1S/C26H32FN5O2/c1-17-3-7-20(8-4-17)29-25-28-14-11-23(30-25)24-18(2)31(22-12-15-34-16-13-22)26(33)32(24)21-9-5-19(27)6-10-21/h5-6,9-11,14,17,20,22H,3-4,7-8,12-13,15-16H2,1-2H3,(H,28,29,30)/t17-,20-. The van der Waals surface area contributed by atoms with Crippen LogP contribution in [0.4, 0.5) is 10.3 Å². The van der Waals surface area contributed by atoms with Gasteiger partial charge in [-0.25, -0.2) is 19.2 Å². The fourth-order valence-corrected chi connectivity index (χ4v) is 5.27. The van der Waals surface area contributed by atoms with Crippen molar-refractivity contribution in [2.75, 3.05) is 18.5 Å². The number of benzene rings is 1. The van der Waals surface area contributed by atoms with E-state index in [4.69, 9.17) is 9.72 Å². The number of nitrogens with zero attached hydrogens (tertiary/aromatic N) is 4. The van der Waals surface area contributed by atoms with E-state index in [1.807, 2.05) is 17.6 Å². The maximum Gasteiger partial charge on any atom is 0.333 e. The minimum atomic E-state index is -0.339. The van der Waals surface area contributed by atoms with E-state index in [-0.39, 0.29) is 17.5 Å². The van der Waals surface area contributed by atoms with Gasteiger partial charge in [-0.2, -0.15) is 0 Å². The van der Waals surface area contributed by atoms with Crippen LogP contribution in [0.15, 0.2) is 41.3 Å². The van der Waals surface area contributed by atoms with Gasteiger partial charge in [0.25, 0.3) is 0 Å². The molecule has 0 amide bonds. The molecule has 1 aromatic carbocycles. The highest BCUT2D eigenvalue weighted by molar-refractivity contribution is 5.62. The summed E-state index contributed by atoms with van der Waals surface area (Å²) in [6.07, 6.45) is 7.92. The summed E-state index contributed by atoms with van der Waals surface area (Å²) >= 11 is 0. The Bertz CT molecular complexity index is 1190. The molecular formula is C26H32FN5O2. The van der Waals surface area contributed by atoms with E-state index in [2.05, 4.69) is 17.2 Å². The number of rotatable bonds is 5. The Balaban J connectivity index is 1.57. The monoisotopic (exact) mass is 465 g/mol. The Morgan fingerprint density at radius 3 is 2.44 bits per heavy atom. The average Bonchev–Trinajstić information content (AvgIpc) is 3.11. The fourth-order valence-electron chi connectivity index (χ4n) is 5.27. The van der Waals surface area contributed by atoms with Gasteiger partial charge in [0.2, 0.25) is 5.95 Å². The molecule has 1 saturated carbocycles. The summed E-state index contributed by atoms with van der Waals surface area (Å²) in [7, 11) is 0. The molecule has 0 radical (unpaired) electrons. The Hall–Kier alpha value is -3.00. The summed E-state index contributed by atoms with van der Waals surface area (Å²) in [5.41, 5.74) is 2.71. The zero-order valence-corrected chi connectivity index (χ0v) is 19.8. The molecule has 1 aliphatic carbocycles. The second-order valence-electron chi connectivity index (χ2n) is 9.61. The molecule has 34 heavy (non-hydrogen) atoms. The van der Waals surface area contributed by atoms with Crippen molar-refractivity contribution in [3.05, 3.63) is 58.5 Å². The Morgan fingerprint density at radius 1 is 1.03 bits per heavy atom. The second-order valence-corrected chi connectivity index (χ2v) is 9.61. The van der Waals surface area contributed by atoms with Gasteiger partial charge in [-0.05, 0) is 81.7 Å². The molecule has 8 heteroatoms. The van der Waals surface area contributed by atoms with Crippen LogP contribution in [0, 0.1) is 18.7 Å². The number of anilines is 1. The number of hydrogen-bond acceptors (Lipinski definition) is 5. The number of nitrogens with one attached hydrogen (secondary N) is 1. The van der Waals surface area contributed by atoms with Crippen molar-refractivity contribution < 1.29 is 9.13 Å². The summed E-state index contributed by atoms with van der Waals surface area (Å²) in [4.78, 5) is 23.0. The molecule has 0 unspecified atom stereocenters. The van der Waals surface area contributed by atoms with Crippen molar-refractivity contribution in [1.82, 2.24) is 19.1 Å². The molecule has 180 valence electrons. The van der Waals surface area contributed by atoms with Gasteiger partial charge in [-0.3, -0.25) is 9.13 Å². The Kier molecular flexibility index (Phi) is 6.50. The van der Waals surface area contributed by atoms with Gasteiger partial charge in [0.15, 0.2) is 0 Å². The predicted molar refractivity (Wildman–Crippen MR) is 130 cm³/mol. The molecule has 2 aromatic heterocycles. The first kappa shape index (κ1) is 22.8. The fraction of sp³-hybridized carbons (Fsp3) is 0.500. The molecule has 0 atom stereocenters. The first-order valence-electron chi connectivity index (χ1n) is 12.3. The summed E-state index contributed by atoms with van der Waals surface area (Å²) in [6.45, 7) is 5.53. The highest BCUT2D eigenvalue weighted by atomic mass is 19.1. The van der Waals surface area contributed by atoms with Crippen molar-refractivity contribution in [2.45, 2.75) is 64.5 Å². The van der Waals surface area contributed by atoms with E-state index in [0.29, 0.717) is 42.3 Å². The van der Waals surface area contributed by atoms with Crippen LogP contribution < -0.4 is 11.0 Å². The van der Waals surface area contributed by atoms with Crippen molar-refractivity contribution in [1.29, 1.82) is 0 Å². The average molecular weight is 466 g/mol. The van der Waals surface area contributed by atoms with Crippen LogP contribution in [0.25, 0.3) is 17.1 Å². The van der Waals surface area contributed by atoms with Crippen LogP contribution in [-0.2, 0) is 4.74 Å². The van der Waals surface area contributed by atoms with Gasteiger partial charge >= 0.3 is 5.69 Å². The molecule has 5 rings (SSSR count). The lowest BCUT2D eigenvalue weighted by Crippen LogP contribution is -2.31. The molecule has 0 bridgehead atoms. The summed E-state index contributed by atoms with van der Waals surface area (Å²) < 4.78 is 22.7. The van der Waals surface area contributed by atoms with Crippen molar-refractivity contribution in [2.24, 2.45) is 5.92 Å². The van der Waals surface area contributed by atoms with Crippen molar-refractivity contribution in [3.8, 4) is 17.1 Å². The molecule has 7 nitrogen and oxygen atoms in total. The van der Waals surface area contributed by atoms with E-state index < -0.39 is 0 Å². The quantitative estimate of drug-likeness (QED) is 0.581. The lowest BCUT2D eigenvalue weighted by atomic mass is 9.87. The van der Waals surface area contributed by atoms with Crippen LogP contribution in [0.2, 0.25) is 0 Å². The predicted octanol–water partition coefficient (Wildman–Crippen LogP) is 4.89. The molecule has 2 fully saturated rings. The van der Waals surface area contributed by atoms with E-state index in [9.17, 15) is 9.18 Å². The Morgan fingerprint density at radius 2 is 1.74 bits per heavy atom. The number of imidazole rings is 1. The number of halogens is 1. The normalized spacial score (nSPS) is 21.5. The maximum atomic E-state index is 13.7. The van der Waals surface area contributed by atoms with Gasteiger partial charge in [0.05, 0.1) is 17.1 Å². The number of ether oxygens (including phenoxy) is 1. The number of hydrogen-bond donors (Lipinski definition) is 1. The van der Waals surface area contributed by atoms with Crippen molar-refractivity contribution in [3.63, 3.8) is 0 Å². The van der Waals surface area contributed by atoms with Crippen LogP contribution in [-0.4, -0.2) is 38.4 Å². The lowest BCUT2D eigenvalue weighted by Gasteiger charge is -2.26. The smallest absolute Gasteiger partial charge is 0.333 e. The lowest BCUT2D eigenvalue weighted by molar-refractivity contribution is 0.0682. The van der Waals surface area contributed by atoms with E-state index >= 15 is 0 Å². The largest absolute Gasteiger partial charge is 0.381 e. The van der Waals surface area contributed by atoms with Gasteiger partial charge in [-0.1, -0.05) is 6.92 Å². The van der Waals surface area contributed by atoms with E-state index in [1.165, 1.54) is 25.0 Å². The van der Waals surface area contributed by atoms with E-state index in [1.54, 1.807) is 22.9 Å². The first-order chi connectivity index (χ1) is 16.5. The summed E-state index contributed by atoms with van der Waals surface area (Å²) in [6, 6.07) is 8.29. The van der Waals surface area contributed by atoms with Crippen LogP contribution in [0.1, 0.15) is 57.2 Å². The molecule has 1 aliphatic heterocycles. The van der Waals surface area contributed by atoms with Gasteiger partial charge < -0.3 is 10.1 Å². The van der Waals surface area contributed by atoms with Crippen LogP contribution >= 0.6 is 0 Å². The third kappa shape index (κ3) is 4.51. The summed E-state index contributed by atoms with van der Waals surface area (Å²) in [5, 5.41) is 3.50. The third-order valence-corrected chi connectivity index (χ3v) is 7.21. The first-order valence-corrected chi connectivity index (χ1v) is 12.3. The minimum Gasteiger partial charge on any atom is -0.381 e. The molecule has 1 N–H and O–H groups in total. The number of aromatic nitrogens is 4. The summed E-state index contributed by atoms with van der Waals surface area (Å²) in [5.74, 6) is 1.01. The molecule has 1 saturated heterocycles. The Labute approximate surface area is 199 Å². The topological polar surface area (TPSA) is 74.0 Å². The SMILES string of the molecule is Cc1c(-c2ccnc(N[C@H]3CC[C@H](C)CC3)n2)n(-c2ccc(F)cc2)c(=O)n1C1CCOCC1. The van der Waals surface area contributed by atoms with Crippen LogP contribution in [0.5, 0.6) is 0 Å². The highest BCUT2D eigenvalue weighted by Gasteiger charge is 2.27. The van der Waals surface area contributed by atoms with Gasteiger partial charge in [0, 0.05) is 37.2 Å². The molecule has 3 heterocycles. The molecule has 2 aliphatic rings. The molecular weight excluding hydrogens is 433 g/mol. The van der Waals surface area contributed by atoms with Crippen LogP contribution in [0.3, 0.4) is 0 Å². The van der Waals surface area contributed by atoms with Gasteiger partial charge in [-0.15, -0.1) is 0 Å². The van der Waals surface area contributed by atoms with Crippen molar-refractivity contribution >= 4 is 5.95 Å². The zero-order valence-electron chi connectivity index (χ0n) is 19.8. The third-order valence-electron chi connectivity index (χ3n) is 7.21. The maximum absolute atomic E-state index is 13.7. The molecule has 3 aromatic rings. The minimum absolute atomic E-state index is 0.0605. The highest BCUT2D eigenvalue weighted by Crippen LogP contribution is 2.30. The second kappa shape index (κ2) is 9.70. The van der Waals surface area contributed by atoms with Gasteiger partial charge in [0.1, 0.15) is 5.82 Å². The van der Waals surface area contributed by atoms with E-state index in [0.717, 1.165) is 37.3 Å². The zero-order chi connectivity index (χ0) is 23.7.